The third kappa shape index (κ3) is 7.27. The minimum atomic E-state index is -0.447. The second-order valence-corrected chi connectivity index (χ2v) is 9.20. The number of aliphatic imine (C=N–C) groups is 1. The van der Waals surface area contributed by atoms with E-state index in [1.165, 1.54) is 4.88 Å². The Morgan fingerprint density at radius 2 is 1.89 bits per heavy atom. The second-order valence-electron chi connectivity index (χ2n) is 7.91. The first-order valence-corrected chi connectivity index (χ1v) is 10.6. The lowest BCUT2D eigenvalue weighted by Gasteiger charge is -2.35. The molecule has 0 aromatic carbocycles. The predicted octanol–water partition coefficient (Wildman–Crippen LogP) is 1.98. The number of aromatic nitrogens is 1. The van der Waals surface area contributed by atoms with Gasteiger partial charge in [-0.15, -0.1) is 11.3 Å². The average molecular weight is 411 g/mol. The van der Waals surface area contributed by atoms with Crippen LogP contribution in [0.15, 0.2) is 4.99 Å². The van der Waals surface area contributed by atoms with E-state index in [2.05, 4.69) is 32.4 Å². The van der Waals surface area contributed by atoms with Crippen LogP contribution in [0.4, 0.5) is 4.79 Å². The molecular weight excluding hydrogens is 376 g/mol. The van der Waals surface area contributed by atoms with Crippen molar-refractivity contribution >= 4 is 23.4 Å². The highest BCUT2D eigenvalue weighted by atomic mass is 32.1. The van der Waals surface area contributed by atoms with E-state index in [1.807, 2.05) is 27.7 Å². The van der Waals surface area contributed by atoms with Gasteiger partial charge in [-0.1, -0.05) is 0 Å². The third-order valence-electron chi connectivity index (χ3n) is 4.45. The Bertz CT molecular complexity index is 655. The van der Waals surface area contributed by atoms with Gasteiger partial charge in [0, 0.05) is 51.2 Å². The van der Waals surface area contributed by atoms with Crippen molar-refractivity contribution in [3.8, 4) is 0 Å². The van der Waals surface area contributed by atoms with Crippen LogP contribution >= 0.6 is 11.3 Å². The summed E-state index contributed by atoms with van der Waals surface area (Å²) in [6, 6.07) is 0. The molecule has 1 fully saturated rings. The molecule has 1 aromatic heterocycles. The number of thiazole rings is 1. The van der Waals surface area contributed by atoms with Gasteiger partial charge >= 0.3 is 6.09 Å². The number of nitrogens with zero attached hydrogens (tertiary/aromatic N) is 4. The van der Waals surface area contributed by atoms with Crippen LogP contribution < -0.4 is 10.6 Å². The van der Waals surface area contributed by atoms with Gasteiger partial charge in [0.05, 0.1) is 12.2 Å². The molecule has 1 aliphatic rings. The highest BCUT2D eigenvalue weighted by Crippen LogP contribution is 2.16. The molecule has 2 N–H and O–H groups in total. The number of rotatable bonds is 5. The highest BCUT2D eigenvalue weighted by Gasteiger charge is 2.25. The van der Waals surface area contributed by atoms with Crippen LogP contribution in [0.25, 0.3) is 0 Å². The van der Waals surface area contributed by atoms with E-state index >= 15 is 0 Å². The van der Waals surface area contributed by atoms with Crippen LogP contribution in [0, 0.1) is 13.8 Å². The molecule has 1 aromatic rings. The number of ether oxygens (including phenoxy) is 1. The van der Waals surface area contributed by atoms with Gasteiger partial charge in [-0.05, 0) is 34.6 Å². The maximum atomic E-state index is 12.1. The Morgan fingerprint density at radius 1 is 1.21 bits per heavy atom. The van der Waals surface area contributed by atoms with E-state index in [-0.39, 0.29) is 6.09 Å². The third-order valence-corrected chi connectivity index (χ3v) is 5.52. The zero-order valence-corrected chi connectivity index (χ0v) is 18.8. The maximum absolute atomic E-state index is 12.1. The number of nitrogens with one attached hydrogen (secondary N) is 2. The highest BCUT2D eigenvalue weighted by molar-refractivity contribution is 7.11. The van der Waals surface area contributed by atoms with Gasteiger partial charge < -0.3 is 20.3 Å². The fraction of sp³-hybridized carbons (Fsp3) is 0.737. The number of hydrogen-bond donors (Lipinski definition) is 2. The lowest BCUT2D eigenvalue weighted by Crippen LogP contribution is -2.51. The molecule has 0 bridgehead atoms. The molecule has 1 amide bonds. The molecule has 0 spiro atoms. The number of piperazine rings is 1. The largest absolute Gasteiger partial charge is 0.444 e. The van der Waals surface area contributed by atoms with Crippen LogP contribution in [0.2, 0.25) is 0 Å². The van der Waals surface area contributed by atoms with Crippen molar-refractivity contribution in [1.82, 2.24) is 25.4 Å². The fourth-order valence-electron chi connectivity index (χ4n) is 2.81. The normalized spacial score (nSPS) is 16.2. The van der Waals surface area contributed by atoms with Gasteiger partial charge in [-0.2, -0.15) is 0 Å². The zero-order valence-electron chi connectivity index (χ0n) is 18.0. The summed E-state index contributed by atoms with van der Waals surface area (Å²) in [4.78, 5) is 26.3. The quantitative estimate of drug-likeness (QED) is 0.571. The SMILES string of the molecule is CN=C(NCCN1CCN(C(=O)OC(C)(C)C)CC1)NCc1nc(C)c(C)s1. The minimum absolute atomic E-state index is 0.220. The van der Waals surface area contributed by atoms with Crippen LogP contribution in [0.1, 0.15) is 36.3 Å². The molecule has 2 heterocycles. The van der Waals surface area contributed by atoms with E-state index in [0.29, 0.717) is 19.6 Å². The van der Waals surface area contributed by atoms with Gasteiger partial charge in [0.25, 0.3) is 0 Å². The average Bonchev–Trinajstić information content (AvgIpc) is 2.95. The Hall–Kier alpha value is -1.87. The van der Waals surface area contributed by atoms with Gasteiger partial charge in [-0.25, -0.2) is 9.78 Å². The van der Waals surface area contributed by atoms with E-state index in [4.69, 9.17) is 4.74 Å². The van der Waals surface area contributed by atoms with Gasteiger partial charge in [0.2, 0.25) is 0 Å². The maximum Gasteiger partial charge on any atom is 0.410 e. The van der Waals surface area contributed by atoms with Gasteiger partial charge in [0.1, 0.15) is 10.6 Å². The van der Waals surface area contributed by atoms with Crippen molar-refractivity contribution in [3.63, 3.8) is 0 Å². The summed E-state index contributed by atoms with van der Waals surface area (Å²) in [6.45, 7) is 15.3. The van der Waals surface area contributed by atoms with Crippen molar-refractivity contribution in [2.45, 2.75) is 46.8 Å². The molecule has 158 valence electrons. The number of carbonyl (C=O) groups excluding carboxylic acids is 1. The molecule has 1 aliphatic heterocycles. The first kappa shape index (κ1) is 22.4. The molecule has 0 aliphatic carbocycles. The van der Waals surface area contributed by atoms with Crippen molar-refractivity contribution < 1.29 is 9.53 Å². The lowest BCUT2D eigenvalue weighted by atomic mass is 10.2. The van der Waals surface area contributed by atoms with Crippen LogP contribution in [-0.2, 0) is 11.3 Å². The molecule has 0 unspecified atom stereocenters. The van der Waals surface area contributed by atoms with Gasteiger partial charge in [-0.3, -0.25) is 9.89 Å². The first-order chi connectivity index (χ1) is 13.2. The molecule has 0 atom stereocenters. The van der Waals surface area contributed by atoms with E-state index in [9.17, 15) is 4.79 Å². The topological polar surface area (TPSA) is 82.1 Å². The summed E-state index contributed by atoms with van der Waals surface area (Å²) >= 11 is 1.71. The smallest absolute Gasteiger partial charge is 0.410 e. The van der Waals surface area contributed by atoms with Crippen molar-refractivity contribution in [2.75, 3.05) is 46.3 Å². The molecule has 8 nitrogen and oxygen atoms in total. The van der Waals surface area contributed by atoms with Gasteiger partial charge in [0.15, 0.2) is 5.96 Å². The number of guanidine groups is 1. The summed E-state index contributed by atoms with van der Waals surface area (Å²) in [5.41, 5.74) is 0.645. The molecule has 9 heteroatoms. The summed E-state index contributed by atoms with van der Waals surface area (Å²) in [7, 11) is 1.77. The standard InChI is InChI=1S/C19H34N6O2S/c1-14-15(2)28-16(23-14)13-22-17(20-6)21-7-8-24-9-11-25(12-10-24)18(26)27-19(3,4)5/h7-13H2,1-6H3,(H2,20,21,22). The predicted molar refractivity (Wildman–Crippen MR) is 114 cm³/mol. The van der Waals surface area contributed by atoms with E-state index in [1.54, 1.807) is 23.3 Å². The first-order valence-electron chi connectivity index (χ1n) is 9.75. The Kier molecular flexibility index (Phi) is 8.06. The monoisotopic (exact) mass is 410 g/mol. The Labute approximate surface area is 172 Å². The van der Waals surface area contributed by atoms with Crippen LogP contribution in [0.3, 0.4) is 0 Å². The number of amides is 1. The van der Waals surface area contributed by atoms with Crippen molar-refractivity contribution in [2.24, 2.45) is 4.99 Å². The number of aryl methyl sites for hydroxylation is 2. The second kappa shape index (κ2) is 10.1. The van der Waals surface area contributed by atoms with Crippen LogP contribution in [-0.4, -0.2) is 78.8 Å². The summed E-state index contributed by atoms with van der Waals surface area (Å²) in [5.74, 6) is 0.776. The summed E-state index contributed by atoms with van der Waals surface area (Å²) in [5, 5.41) is 7.71. The molecule has 28 heavy (non-hydrogen) atoms. The Morgan fingerprint density at radius 3 is 2.43 bits per heavy atom. The lowest BCUT2D eigenvalue weighted by molar-refractivity contribution is 0.0147. The molecule has 0 saturated carbocycles. The Balaban J connectivity index is 1.65. The van der Waals surface area contributed by atoms with Crippen LogP contribution in [0.5, 0.6) is 0 Å². The zero-order chi connectivity index (χ0) is 20.7. The van der Waals surface area contributed by atoms with E-state index < -0.39 is 5.60 Å². The van der Waals surface area contributed by atoms with E-state index in [0.717, 1.165) is 42.8 Å². The number of carbonyl (C=O) groups is 1. The van der Waals surface area contributed by atoms with Crippen molar-refractivity contribution in [1.29, 1.82) is 0 Å². The van der Waals surface area contributed by atoms with Crippen molar-refractivity contribution in [3.05, 3.63) is 15.6 Å². The number of hydrogen-bond acceptors (Lipinski definition) is 6. The minimum Gasteiger partial charge on any atom is -0.444 e. The summed E-state index contributed by atoms with van der Waals surface area (Å²) < 4.78 is 5.44. The molecule has 1 saturated heterocycles. The molecule has 2 rings (SSSR count). The molecule has 0 radical (unpaired) electrons. The molecular formula is C19H34N6O2S. The summed E-state index contributed by atoms with van der Waals surface area (Å²) in [6.07, 6.45) is -0.220. The fourth-order valence-corrected chi connectivity index (χ4v) is 3.68.